The normalized spacial score (nSPS) is 15.2. The Balaban J connectivity index is 3.83. The molecule has 0 heterocycles. The minimum Gasteiger partial charge on any atom is -0.268 e. The van der Waals surface area contributed by atoms with Gasteiger partial charge in [0.2, 0.25) is 0 Å². The van der Waals surface area contributed by atoms with Crippen molar-refractivity contribution < 1.29 is 0 Å². The Morgan fingerprint density at radius 3 is 2.62 bits per heavy atom. The van der Waals surface area contributed by atoms with Crippen LogP contribution in [-0.2, 0) is 0 Å². The number of aliphatic imine (C=N–C) groups is 1. The average Bonchev–Trinajstić information content (AvgIpc) is 2.14. The number of allylic oxidation sites excluding steroid dienone is 6. The Bertz CT molecular complexity index is 232. The Labute approximate surface area is 80.9 Å². The molecule has 1 nitrogen and oxygen atoms in total. The predicted octanol–water partition coefficient (Wildman–Crippen LogP) is 3.53. The van der Waals surface area contributed by atoms with Crippen LogP contribution in [0.1, 0.15) is 13.8 Å². The van der Waals surface area contributed by atoms with Gasteiger partial charge in [-0.05, 0) is 13.0 Å². The molecule has 0 N–H and O–H groups in total. The quantitative estimate of drug-likeness (QED) is 0.448. The van der Waals surface area contributed by atoms with Crippen LogP contribution >= 0.6 is 0 Å². The monoisotopic (exact) mass is 175 g/mol. The molecule has 0 aromatic carbocycles. The van der Waals surface area contributed by atoms with E-state index in [0.717, 1.165) is 0 Å². The van der Waals surface area contributed by atoms with Gasteiger partial charge in [-0.3, -0.25) is 4.99 Å². The Hall–Kier alpha value is -1.37. The summed E-state index contributed by atoms with van der Waals surface area (Å²) in [6.07, 6.45) is 15.2. The molecule has 0 saturated carbocycles. The van der Waals surface area contributed by atoms with E-state index in [2.05, 4.69) is 18.5 Å². The minimum absolute atomic E-state index is 0.355. The maximum absolute atomic E-state index is 4.12. The first-order chi connectivity index (χ1) is 6.31. The van der Waals surface area contributed by atoms with Gasteiger partial charge in [0.1, 0.15) is 0 Å². The molecule has 1 heteroatoms. The third kappa shape index (κ3) is 8.54. The van der Waals surface area contributed by atoms with Gasteiger partial charge in [0.05, 0.1) is 0 Å². The van der Waals surface area contributed by atoms with Crippen LogP contribution in [0, 0.1) is 5.92 Å². The average molecular weight is 175 g/mol. The molecule has 1 atom stereocenters. The minimum atomic E-state index is 0.355. The zero-order valence-corrected chi connectivity index (χ0v) is 8.35. The van der Waals surface area contributed by atoms with Gasteiger partial charge >= 0.3 is 0 Å². The molecule has 0 amide bonds. The lowest BCUT2D eigenvalue weighted by Gasteiger charge is -1.92. The molecule has 0 aromatic heterocycles. The second kappa shape index (κ2) is 8.72. The Kier molecular flexibility index (Phi) is 7.80. The van der Waals surface area contributed by atoms with Crippen LogP contribution in [0.5, 0.6) is 0 Å². The maximum atomic E-state index is 4.12. The van der Waals surface area contributed by atoms with Crippen molar-refractivity contribution in [1.82, 2.24) is 0 Å². The molecule has 0 aliphatic heterocycles. The van der Waals surface area contributed by atoms with Crippen molar-refractivity contribution in [2.45, 2.75) is 13.8 Å². The lowest BCUT2D eigenvalue weighted by Crippen LogP contribution is -1.88. The van der Waals surface area contributed by atoms with Crippen molar-refractivity contribution in [3.05, 3.63) is 49.2 Å². The van der Waals surface area contributed by atoms with E-state index >= 15 is 0 Å². The predicted molar refractivity (Wildman–Crippen MR) is 60.9 cm³/mol. The van der Waals surface area contributed by atoms with Gasteiger partial charge in [0, 0.05) is 18.3 Å². The first kappa shape index (κ1) is 11.6. The summed E-state index contributed by atoms with van der Waals surface area (Å²) in [6, 6.07) is 0. The third-order valence-corrected chi connectivity index (χ3v) is 1.35. The first-order valence-corrected chi connectivity index (χ1v) is 4.41. The van der Waals surface area contributed by atoms with Crippen LogP contribution < -0.4 is 0 Å². The highest BCUT2D eigenvalue weighted by molar-refractivity contribution is 5.63. The van der Waals surface area contributed by atoms with Crippen molar-refractivity contribution in [3.63, 3.8) is 0 Å². The maximum Gasteiger partial charge on any atom is 0.0264 e. The van der Waals surface area contributed by atoms with E-state index in [9.17, 15) is 0 Å². The van der Waals surface area contributed by atoms with E-state index in [1.54, 1.807) is 12.3 Å². The lowest BCUT2D eigenvalue weighted by molar-refractivity contribution is 1.02. The van der Waals surface area contributed by atoms with Gasteiger partial charge in [-0.25, -0.2) is 0 Å². The fourth-order valence-corrected chi connectivity index (χ4v) is 0.699. The summed E-state index contributed by atoms with van der Waals surface area (Å²) in [7, 11) is 0. The molecule has 0 radical (unpaired) electrons. The van der Waals surface area contributed by atoms with E-state index in [1.165, 1.54) is 0 Å². The SMILES string of the molecule is C=C/C=C\C(C)C=N/C=C\C=C/C. The fraction of sp³-hybridized carbons (Fsp3) is 0.250. The summed E-state index contributed by atoms with van der Waals surface area (Å²) in [4.78, 5) is 4.12. The fourth-order valence-electron chi connectivity index (χ4n) is 0.699. The van der Waals surface area contributed by atoms with Crippen LogP contribution in [-0.4, -0.2) is 6.21 Å². The summed E-state index contributed by atoms with van der Waals surface area (Å²) in [6.45, 7) is 7.65. The molecule has 0 aromatic rings. The third-order valence-electron chi connectivity index (χ3n) is 1.35. The smallest absolute Gasteiger partial charge is 0.0264 e. The lowest BCUT2D eigenvalue weighted by atomic mass is 10.2. The molecule has 0 bridgehead atoms. The summed E-state index contributed by atoms with van der Waals surface area (Å²) in [5.41, 5.74) is 0. The summed E-state index contributed by atoms with van der Waals surface area (Å²) in [5, 5.41) is 0. The van der Waals surface area contributed by atoms with Crippen molar-refractivity contribution >= 4 is 6.21 Å². The number of nitrogens with zero attached hydrogens (tertiary/aromatic N) is 1. The summed E-state index contributed by atoms with van der Waals surface area (Å²) < 4.78 is 0. The van der Waals surface area contributed by atoms with Crippen LogP contribution in [0.25, 0.3) is 0 Å². The van der Waals surface area contributed by atoms with Crippen LogP contribution in [0.3, 0.4) is 0 Å². The molecular weight excluding hydrogens is 158 g/mol. The molecule has 1 unspecified atom stereocenters. The van der Waals surface area contributed by atoms with Gasteiger partial charge < -0.3 is 0 Å². The molecular formula is C12H17N. The van der Waals surface area contributed by atoms with E-state index < -0.39 is 0 Å². The molecule has 0 saturated heterocycles. The highest BCUT2D eigenvalue weighted by Crippen LogP contribution is 1.93. The molecule has 0 rings (SSSR count). The summed E-state index contributed by atoms with van der Waals surface area (Å²) in [5.74, 6) is 0.355. The van der Waals surface area contributed by atoms with E-state index in [0.29, 0.717) is 5.92 Å². The van der Waals surface area contributed by atoms with Crippen LogP contribution in [0.4, 0.5) is 0 Å². The van der Waals surface area contributed by atoms with E-state index in [1.807, 2.05) is 43.5 Å². The zero-order valence-electron chi connectivity index (χ0n) is 8.35. The van der Waals surface area contributed by atoms with Gasteiger partial charge in [-0.1, -0.05) is 43.9 Å². The molecule has 70 valence electrons. The van der Waals surface area contributed by atoms with Crippen molar-refractivity contribution in [2.24, 2.45) is 10.9 Å². The molecule has 0 spiro atoms. The number of hydrogen-bond acceptors (Lipinski definition) is 1. The zero-order chi connectivity index (χ0) is 9.94. The molecule has 0 aliphatic rings. The van der Waals surface area contributed by atoms with Crippen molar-refractivity contribution in [3.8, 4) is 0 Å². The molecule has 13 heavy (non-hydrogen) atoms. The van der Waals surface area contributed by atoms with Crippen molar-refractivity contribution in [2.75, 3.05) is 0 Å². The van der Waals surface area contributed by atoms with E-state index in [4.69, 9.17) is 0 Å². The second-order valence-electron chi connectivity index (χ2n) is 2.65. The second-order valence-corrected chi connectivity index (χ2v) is 2.65. The first-order valence-electron chi connectivity index (χ1n) is 4.41. The standard InChI is InChI=1S/C12H17N/c1-4-6-8-10-13-11-12(3)9-7-5-2/h4-12H,2H2,1,3H3/b6-4-,9-7-,10-8-,13-11?. The highest BCUT2D eigenvalue weighted by Gasteiger charge is 1.86. The number of rotatable bonds is 5. The van der Waals surface area contributed by atoms with Gasteiger partial charge in [0.15, 0.2) is 0 Å². The Morgan fingerprint density at radius 1 is 1.23 bits per heavy atom. The topological polar surface area (TPSA) is 12.4 Å². The molecule has 0 fully saturated rings. The van der Waals surface area contributed by atoms with Crippen LogP contribution in [0.2, 0.25) is 0 Å². The van der Waals surface area contributed by atoms with E-state index in [-0.39, 0.29) is 0 Å². The highest BCUT2D eigenvalue weighted by atomic mass is 14.7. The Morgan fingerprint density at radius 2 is 2.00 bits per heavy atom. The van der Waals surface area contributed by atoms with Crippen LogP contribution in [0.15, 0.2) is 54.2 Å². The summed E-state index contributed by atoms with van der Waals surface area (Å²) >= 11 is 0. The molecule has 0 aliphatic carbocycles. The largest absolute Gasteiger partial charge is 0.268 e. The van der Waals surface area contributed by atoms with Gasteiger partial charge in [-0.2, -0.15) is 0 Å². The number of hydrogen-bond donors (Lipinski definition) is 0. The van der Waals surface area contributed by atoms with Crippen molar-refractivity contribution in [1.29, 1.82) is 0 Å². The van der Waals surface area contributed by atoms with Gasteiger partial charge in [0.25, 0.3) is 0 Å². The van der Waals surface area contributed by atoms with Gasteiger partial charge in [-0.15, -0.1) is 0 Å².